The monoisotopic (exact) mass is 253 g/mol. The molecule has 1 saturated heterocycles. The van der Waals surface area contributed by atoms with Crippen LogP contribution in [0.15, 0.2) is 0 Å². The molecule has 1 saturated carbocycles. The normalized spacial score (nSPS) is 39.8. The Hall–Kier alpha value is -0.120. The number of hydrogen-bond donors (Lipinski definition) is 1. The van der Waals surface area contributed by atoms with Crippen molar-refractivity contribution in [1.82, 2.24) is 9.80 Å². The minimum Gasteiger partial charge on any atom is -0.326 e. The van der Waals surface area contributed by atoms with Gasteiger partial charge in [-0.05, 0) is 32.9 Å². The Labute approximate surface area is 113 Å². The highest BCUT2D eigenvalue weighted by atomic mass is 15.3. The predicted octanol–water partition coefficient (Wildman–Crippen LogP) is 1.92. The van der Waals surface area contributed by atoms with Crippen LogP contribution in [0.25, 0.3) is 0 Å². The van der Waals surface area contributed by atoms with Crippen LogP contribution >= 0.6 is 0 Å². The number of hydrogen-bond acceptors (Lipinski definition) is 3. The Morgan fingerprint density at radius 1 is 1.00 bits per heavy atom. The summed E-state index contributed by atoms with van der Waals surface area (Å²) >= 11 is 0. The molecular formula is C15H31N3. The fourth-order valence-electron chi connectivity index (χ4n) is 3.88. The number of nitrogens with two attached hydrogens (primary N) is 1. The number of likely N-dealkylation sites (N-methyl/N-ethyl adjacent to an activating group) is 1. The first-order valence-electron chi connectivity index (χ1n) is 7.75. The lowest BCUT2D eigenvalue weighted by Crippen LogP contribution is -2.48. The minimum absolute atomic E-state index is 0.401. The number of nitrogens with zero attached hydrogens (tertiary/aromatic N) is 2. The Morgan fingerprint density at radius 2 is 1.67 bits per heavy atom. The van der Waals surface area contributed by atoms with Crippen LogP contribution in [0.5, 0.6) is 0 Å². The summed E-state index contributed by atoms with van der Waals surface area (Å²) in [5.74, 6) is 0.776. The summed E-state index contributed by atoms with van der Waals surface area (Å²) in [5, 5.41) is 0. The summed E-state index contributed by atoms with van der Waals surface area (Å²) < 4.78 is 0. The van der Waals surface area contributed by atoms with Gasteiger partial charge in [0.25, 0.3) is 0 Å². The van der Waals surface area contributed by atoms with Crippen molar-refractivity contribution in [2.24, 2.45) is 11.7 Å². The Kier molecular flexibility index (Phi) is 5.05. The van der Waals surface area contributed by atoms with E-state index < -0.39 is 0 Å². The molecular weight excluding hydrogens is 222 g/mol. The highest BCUT2D eigenvalue weighted by Gasteiger charge is 2.36. The molecule has 3 nitrogen and oxygen atoms in total. The predicted molar refractivity (Wildman–Crippen MR) is 77.7 cm³/mol. The smallest absolute Gasteiger partial charge is 0.0254 e. The van der Waals surface area contributed by atoms with Crippen LogP contribution in [0.1, 0.15) is 45.4 Å². The second kappa shape index (κ2) is 6.36. The maximum atomic E-state index is 6.44. The zero-order chi connectivity index (χ0) is 13.1. The molecule has 2 N–H and O–H groups in total. The molecule has 1 aliphatic heterocycles. The van der Waals surface area contributed by atoms with Crippen LogP contribution in [0.2, 0.25) is 0 Å². The highest BCUT2D eigenvalue weighted by molar-refractivity contribution is 4.93. The first-order chi connectivity index (χ1) is 8.59. The molecule has 18 heavy (non-hydrogen) atoms. The average molecular weight is 253 g/mol. The second-order valence-corrected chi connectivity index (χ2v) is 6.68. The summed E-state index contributed by atoms with van der Waals surface area (Å²) in [6, 6.07) is 1.75. The maximum Gasteiger partial charge on any atom is 0.0254 e. The zero-order valence-electron chi connectivity index (χ0n) is 12.4. The lowest BCUT2D eigenvalue weighted by molar-refractivity contribution is 0.167. The number of likely N-dealkylation sites (tertiary alicyclic amines) is 1. The SMILES string of the molecule is CC1CN(C2CCCCCCC2N)CC1N(C)C. The summed E-state index contributed by atoms with van der Waals surface area (Å²) in [6.45, 7) is 4.84. The topological polar surface area (TPSA) is 32.5 Å². The maximum absolute atomic E-state index is 6.44. The Bertz CT molecular complexity index is 254. The molecule has 4 unspecified atom stereocenters. The van der Waals surface area contributed by atoms with Crippen LogP contribution in [-0.2, 0) is 0 Å². The molecule has 0 aromatic heterocycles. The van der Waals surface area contributed by atoms with Gasteiger partial charge in [0.1, 0.15) is 0 Å². The van der Waals surface area contributed by atoms with Gasteiger partial charge in [0, 0.05) is 31.2 Å². The lowest BCUT2D eigenvalue weighted by atomic mass is 9.92. The molecule has 1 aliphatic carbocycles. The van der Waals surface area contributed by atoms with Crippen molar-refractivity contribution in [3.8, 4) is 0 Å². The van der Waals surface area contributed by atoms with Crippen LogP contribution < -0.4 is 5.73 Å². The largest absolute Gasteiger partial charge is 0.326 e. The van der Waals surface area contributed by atoms with Crippen LogP contribution in [-0.4, -0.2) is 55.1 Å². The summed E-state index contributed by atoms with van der Waals surface area (Å²) in [7, 11) is 4.42. The van der Waals surface area contributed by atoms with Gasteiger partial charge in [0.2, 0.25) is 0 Å². The standard InChI is InChI=1S/C15H31N3/c1-12-10-18(11-15(12)17(2)3)14-9-7-5-4-6-8-13(14)16/h12-15H,4-11,16H2,1-3H3. The third kappa shape index (κ3) is 3.25. The van der Waals surface area contributed by atoms with E-state index in [4.69, 9.17) is 5.73 Å². The molecule has 3 heteroatoms. The van der Waals surface area contributed by atoms with Crippen molar-refractivity contribution in [2.75, 3.05) is 27.2 Å². The van der Waals surface area contributed by atoms with E-state index in [-0.39, 0.29) is 0 Å². The van der Waals surface area contributed by atoms with E-state index in [0.29, 0.717) is 18.1 Å². The molecule has 0 aromatic rings. The summed E-state index contributed by atoms with van der Waals surface area (Å²) in [6.07, 6.45) is 8.03. The first-order valence-corrected chi connectivity index (χ1v) is 7.75. The van der Waals surface area contributed by atoms with Gasteiger partial charge in [-0.1, -0.05) is 32.6 Å². The molecule has 2 fully saturated rings. The summed E-state index contributed by atoms with van der Waals surface area (Å²) in [5.41, 5.74) is 6.44. The zero-order valence-corrected chi connectivity index (χ0v) is 12.4. The van der Waals surface area contributed by atoms with E-state index in [1.165, 1.54) is 51.6 Å². The Balaban J connectivity index is 1.97. The van der Waals surface area contributed by atoms with Crippen molar-refractivity contribution in [2.45, 2.75) is 63.6 Å². The number of rotatable bonds is 2. The van der Waals surface area contributed by atoms with Gasteiger partial charge >= 0.3 is 0 Å². The third-order valence-electron chi connectivity index (χ3n) is 5.01. The minimum atomic E-state index is 0.401. The molecule has 0 amide bonds. The van der Waals surface area contributed by atoms with E-state index in [9.17, 15) is 0 Å². The van der Waals surface area contributed by atoms with Gasteiger partial charge < -0.3 is 10.6 Å². The van der Waals surface area contributed by atoms with Crippen molar-refractivity contribution in [1.29, 1.82) is 0 Å². The van der Waals surface area contributed by atoms with E-state index in [2.05, 4.69) is 30.8 Å². The van der Waals surface area contributed by atoms with E-state index >= 15 is 0 Å². The second-order valence-electron chi connectivity index (χ2n) is 6.68. The van der Waals surface area contributed by atoms with Gasteiger partial charge in [-0.25, -0.2) is 0 Å². The first kappa shape index (κ1) is 14.3. The lowest BCUT2D eigenvalue weighted by Gasteiger charge is -2.34. The molecule has 0 aromatic carbocycles. The van der Waals surface area contributed by atoms with Gasteiger partial charge in [0.05, 0.1) is 0 Å². The molecule has 0 bridgehead atoms. The highest BCUT2D eigenvalue weighted by Crippen LogP contribution is 2.27. The molecule has 0 radical (unpaired) electrons. The average Bonchev–Trinajstić information content (AvgIpc) is 2.66. The van der Waals surface area contributed by atoms with Crippen LogP contribution in [0, 0.1) is 5.92 Å². The van der Waals surface area contributed by atoms with Crippen LogP contribution in [0.4, 0.5) is 0 Å². The Morgan fingerprint density at radius 3 is 2.28 bits per heavy atom. The van der Waals surface area contributed by atoms with Crippen molar-refractivity contribution in [3.63, 3.8) is 0 Å². The van der Waals surface area contributed by atoms with Gasteiger partial charge in [-0.15, -0.1) is 0 Å². The van der Waals surface area contributed by atoms with E-state index in [1.807, 2.05) is 0 Å². The van der Waals surface area contributed by atoms with Gasteiger partial charge in [0.15, 0.2) is 0 Å². The molecule has 4 atom stereocenters. The fraction of sp³-hybridized carbons (Fsp3) is 1.00. The van der Waals surface area contributed by atoms with Gasteiger partial charge in [-0.2, -0.15) is 0 Å². The van der Waals surface area contributed by atoms with Crippen molar-refractivity contribution < 1.29 is 0 Å². The molecule has 0 spiro atoms. The molecule has 2 aliphatic rings. The molecule has 106 valence electrons. The molecule has 1 heterocycles. The quantitative estimate of drug-likeness (QED) is 0.816. The van der Waals surface area contributed by atoms with E-state index in [0.717, 1.165) is 5.92 Å². The van der Waals surface area contributed by atoms with E-state index in [1.54, 1.807) is 0 Å². The third-order valence-corrected chi connectivity index (χ3v) is 5.01. The summed E-state index contributed by atoms with van der Waals surface area (Å²) in [4.78, 5) is 5.07. The fourth-order valence-corrected chi connectivity index (χ4v) is 3.88. The van der Waals surface area contributed by atoms with Crippen LogP contribution in [0.3, 0.4) is 0 Å². The van der Waals surface area contributed by atoms with Crippen molar-refractivity contribution in [3.05, 3.63) is 0 Å². The molecule has 2 rings (SSSR count). The van der Waals surface area contributed by atoms with Gasteiger partial charge in [-0.3, -0.25) is 4.90 Å². The van der Waals surface area contributed by atoms with Crippen molar-refractivity contribution >= 4 is 0 Å².